The minimum absolute atomic E-state index is 0.316. The van der Waals surface area contributed by atoms with E-state index in [1.165, 1.54) is 0 Å². The van der Waals surface area contributed by atoms with Crippen molar-refractivity contribution < 1.29 is 9.53 Å². The van der Waals surface area contributed by atoms with Crippen LogP contribution in [0.3, 0.4) is 0 Å². The Morgan fingerprint density at radius 1 is 1.15 bits per heavy atom. The molecule has 2 aromatic rings. The topological polar surface area (TPSA) is 50.4 Å². The van der Waals surface area contributed by atoms with Crippen molar-refractivity contribution in [3.63, 3.8) is 0 Å². The largest absolute Gasteiger partial charge is 0.497 e. The lowest BCUT2D eigenvalue weighted by Gasteiger charge is -2.10. The summed E-state index contributed by atoms with van der Waals surface area (Å²) < 4.78 is 5.10. The molecule has 2 rings (SSSR count). The van der Waals surface area contributed by atoms with Gasteiger partial charge in [0.1, 0.15) is 5.75 Å². The van der Waals surface area contributed by atoms with Crippen molar-refractivity contribution in [2.75, 3.05) is 17.7 Å². The zero-order valence-electron chi connectivity index (χ0n) is 11.2. The minimum Gasteiger partial charge on any atom is -0.497 e. The fraction of sp³-hybridized carbons (Fsp3) is 0.133. The van der Waals surface area contributed by atoms with Crippen LogP contribution in [0.2, 0.25) is 5.02 Å². The van der Waals surface area contributed by atoms with E-state index in [9.17, 15) is 4.79 Å². The molecule has 0 saturated carbocycles. The van der Waals surface area contributed by atoms with Crippen LogP contribution in [-0.4, -0.2) is 13.1 Å². The summed E-state index contributed by atoms with van der Waals surface area (Å²) in [6.45, 7) is 1.88. The van der Waals surface area contributed by atoms with Crippen molar-refractivity contribution in [2.24, 2.45) is 0 Å². The van der Waals surface area contributed by atoms with Crippen LogP contribution in [-0.2, 0) is 0 Å². The van der Waals surface area contributed by atoms with Gasteiger partial charge in [-0.15, -0.1) is 0 Å². The average Bonchev–Trinajstić information content (AvgIpc) is 2.42. The Hall–Kier alpha value is -2.20. The molecule has 0 aliphatic carbocycles. The van der Waals surface area contributed by atoms with E-state index >= 15 is 0 Å². The SMILES string of the molecule is COc1cccc(NC(=O)Nc2ccc(Cl)cc2C)c1. The van der Waals surface area contributed by atoms with Gasteiger partial charge in [0.05, 0.1) is 7.11 Å². The maximum Gasteiger partial charge on any atom is 0.323 e. The molecule has 0 radical (unpaired) electrons. The molecule has 2 amide bonds. The molecule has 0 atom stereocenters. The Labute approximate surface area is 122 Å². The van der Waals surface area contributed by atoms with Crippen LogP contribution in [0.15, 0.2) is 42.5 Å². The van der Waals surface area contributed by atoms with E-state index in [4.69, 9.17) is 16.3 Å². The molecule has 2 aromatic carbocycles. The molecule has 104 valence electrons. The highest BCUT2D eigenvalue weighted by Crippen LogP contribution is 2.20. The third kappa shape index (κ3) is 3.65. The van der Waals surface area contributed by atoms with Gasteiger partial charge in [-0.2, -0.15) is 0 Å². The molecule has 0 saturated heterocycles. The number of hydrogen-bond acceptors (Lipinski definition) is 2. The zero-order chi connectivity index (χ0) is 14.5. The average molecular weight is 291 g/mol. The maximum absolute atomic E-state index is 11.9. The number of hydrogen-bond donors (Lipinski definition) is 2. The smallest absolute Gasteiger partial charge is 0.323 e. The fourth-order valence-electron chi connectivity index (χ4n) is 1.75. The van der Waals surface area contributed by atoms with E-state index in [-0.39, 0.29) is 6.03 Å². The zero-order valence-corrected chi connectivity index (χ0v) is 12.0. The summed E-state index contributed by atoms with van der Waals surface area (Å²) in [5.74, 6) is 0.686. The number of rotatable bonds is 3. The molecule has 0 heterocycles. The summed E-state index contributed by atoms with van der Waals surface area (Å²) >= 11 is 5.87. The Morgan fingerprint density at radius 2 is 1.95 bits per heavy atom. The predicted octanol–water partition coefficient (Wildman–Crippen LogP) is 4.30. The van der Waals surface area contributed by atoms with Crippen LogP contribution in [0.25, 0.3) is 0 Å². The van der Waals surface area contributed by atoms with Crippen LogP contribution in [0, 0.1) is 6.92 Å². The van der Waals surface area contributed by atoms with Gasteiger partial charge in [0.2, 0.25) is 0 Å². The standard InChI is InChI=1S/C15H15ClN2O2/c1-10-8-11(16)6-7-14(10)18-15(19)17-12-4-3-5-13(9-12)20-2/h3-9H,1-2H3,(H2,17,18,19). The first-order chi connectivity index (χ1) is 9.58. The molecule has 0 bridgehead atoms. The van der Waals surface area contributed by atoms with Crippen molar-refractivity contribution in [1.29, 1.82) is 0 Å². The van der Waals surface area contributed by atoms with Crippen molar-refractivity contribution in [3.8, 4) is 5.75 Å². The summed E-state index contributed by atoms with van der Waals surface area (Å²) in [5.41, 5.74) is 2.28. The summed E-state index contributed by atoms with van der Waals surface area (Å²) in [5, 5.41) is 6.16. The van der Waals surface area contributed by atoms with Gasteiger partial charge in [0, 0.05) is 22.5 Å². The Morgan fingerprint density at radius 3 is 2.65 bits per heavy atom. The van der Waals surface area contributed by atoms with Gasteiger partial charge in [-0.3, -0.25) is 0 Å². The van der Waals surface area contributed by atoms with Gasteiger partial charge in [-0.1, -0.05) is 17.7 Å². The quantitative estimate of drug-likeness (QED) is 0.885. The molecule has 4 nitrogen and oxygen atoms in total. The number of amides is 2. The van der Waals surface area contributed by atoms with E-state index in [1.54, 1.807) is 37.4 Å². The van der Waals surface area contributed by atoms with Crippen molar-refractivity contribution in [3.05, 3.63) is 53.1 Å². The van der Waals surface area contributed by atoms with E-state index in [0.29, 0.717) is 16.5 Å². The molecule has 0 spiro atoms. The van der Waals surface area contributed by atoms with E-state index in [0.717, 1.165) is 11.3 Å². The first-order valence-corrected chi connectivity index (χ1v) is 6.44. The highest BCUT2D eigenvalue weighted by atomic mass is 35.5. The normalized spacial score (nSPS) is 9.95. The second-order valence-electron chi connectivity index (χ2n) is 4.27. The maximum atomic E-state index is 11.9. The van der Waals surface area contributed by atoms with Crippen molar-refractivity contribution in [1.82, 2.24) is 0 Å². The number of halogens is 1. The predicted molar refractivity (Wildman–Crippen MR) is 81.8 cm³/mol. The number of urea groups is 1. The molecule has 0 fully saturated rings. The highest BCUT2D eigenvalue weighted by Gasteiger charge is 2.06. The van der Waals surface area contributed by atoms with Crippen LogP contribution in [0.1, 0.15) is 5.56 Å². The Balaban J connectivity index is 2.05. The van der Waals surface area contributed by atoms with Gasteiger partial charge in [0.15, 0.2) is 0 Å². The third-order valence-electron chi connectivity index (χ3n) is 2.76. The number of methoxy groups -OCH3 is 1. The fourth-order valence-corrected chi connectivity index (χ4v) is 1.98. The first kappa shape index (κ1) is 14.2. The van der Waals surface area contributed by atoms with Gasteiger partial charge < -0.3 is 15.4 Å². The van der Waals surface area contributed by atoms with Crippen molar-refractivity contribution in [2.45, 2.75) is 6.92 Å². The molecule has 0 aliphatic rings. The lowest BCUT2D eigenvalue weighted by atomic mass is 10.2. The first-order valence-electron chi connectivity index (χ1n) is 6.06. The molecular formula is C15H15ClN2O2. The van der Waals surface area contributed by atoms with Crippen LogP contribution in [0.5, 0.6) is 5.75 Å². The Bertz CT molecular complexity index is 629. The number of carbonyl (C=O) groups excluding carboxylic acids is 1. The summed E-state index contributed by atoms with van der Waals surface area (Å²) in [7, 11) is 1.58. The minimum atomic E-state index is -0.316. The van der Waals surface area contributed by atoms with Gasteiger partial charge in [0.25, 0.3) is 0 Å². The monoisotopic (exact) mass is 290 g/mol. The van der Waals surface area contributed by atoms with E-state index in [2.05, 4.69) is 10.6 Å². The third-order valence-corrected chi connectivity index (χ3v) is 3.00. The van der Waals surface area contributed by atoms with Gasteiger partial charge >= 0.3 is 6.03 Å². The lowest BCUT2D eigenvalue weighted by molar-refractivity contribution is 0.262. The molecule has 5 heteroatoms. The number of ether oxygens (including phenoxy) is 1. The van der Waals surface area contributed by atoms with E-state index < -0.39 is 0 Å². The molecule has 2 N–H and O–H groups in total. The summed E-state index contributed by atoms with van der Waals surface area (Å²) in [6.07, 6.45) is 0. The highest BCUT2D eigenvalue weighted by molar-refractivity contribution is 6.30. The van der Waals surface area contributed by atoms with Crippen molar-refractivity contribution >= 4 is 29.0 Å². The summed E-state index contributed by atoms with van der Waals surface area (Å²) in [4.78, 5) is 11.9. The lowest BCUT2D eigenvalue weighted by Crippen LogP contribution is -2.19. The molecular weight excluding hydrogens is 276 g/mol. The molecule has 0 unspecified atom stereocenters. The second kappa shape index (κ2) is 6.30. The molecule has 20 heavy (non-hydrogen) atoms. The molecule has 0 aromatic heterocycles. The van der Waals surface area contributed by atoms with Crippen LogP contribution in [0.4, 0.5) is 16.2 Å². The van der Waals surface area contributed by atoms with Crippen LogP contribution >= 0.6 is 11.6 Å². The van der Waals surface area contributed by atoms with Gasteiger partial charge in [-0.25, -0.2) is 4.79 Å². The number of aryl methyl sites for hydroxylation is 1. The summed E-state index contributed by atoms with van der Waals surface area (Å²) in [6, 6.07) is 12.1. The van der Waals surface area contributed by atoms with Crippen LogP contribution < -0.4 is 15.4 Å². The van der Waals surface area contributed by atoms with Gasteiger partial charge in [-0.05, 0) is 42.8 Å². The molecule has 0 aliphatic heterocycles. The number of nitrogens with one attached hydrogen (secondary N) is 2. The van der Waals surface area contributed by atoms with E-state index in [1.807, 2.05) is 19.1 Å². The number of benzene rings is 2. The number of carbonyl (C=O) groups is 1. The second-order valence-corrected chi connectivity index (χ2v) is 4.71. The number of anilines is 2. The Kier molecular flexibility index (Phi) is 4.48.